The number of carbonyl (C=O) groups excluding carboxylic acids is 2. The lowest BCUT2D eigenvalue weighted by atomic mass is 10.0. The minimum atomic E-state index is -5.01. The monoisotopic (exact) mass is 464 g/mol. The number of carbonyl (C=O) groups is 2. The molecule has 0 radical (unpaired) electrons. The summed E-state index contributed by atoms with van der Waals surface area (Å²) in [6, 6.07) is 0.105. The van der Waals surface area contributed by atoms with E-state index < -0.39 is 52.7 Å². The maximum absolute atomic E-state index is 13.0. The Kier molecular flexibility index (Phi) is 7.28. The van der Waals surface area contributed by atoms with Crippen molar-refractivity contribution in [2.24, 2.45) is 11.7 Å². The second-order valence-corrected chi connectivity index (χ2v) is 6.91. The quantitative estimate of drug-likeness (QED) is 0.358. The maximum atomic E-state index is 13.0. The van der Waals surface area contributed by atoms with Gasteiger partial charge in [0, 0.05) is 17.8 Å². The summed E-state index contributed by atoms with van der Waals surface area (Å²) >= 11 is 0. The highest BCUT2D eigenvalue weighted by Crippen LogP contribution is 2.38. The molecule has 0 saturated carbocycles. The molecule has 1 atom stereocenters. The van der Waals surface area contributed by atoms with E-state index in [-0.39, 0.29) is 12.0 Å². The van der Waals surface area contributed by atoms with Crippen LogP contribution in [0.5, 0.6) is 0 Å². The second-order valence-electron chi connectivity index (χ2n) is 6.91. The molecular formula is C18H18F6N6O2. The number of hydrogen-bond acceptors (Lipinski definition) is 5. The molecule has 0 aliphatic rings. The largest absolute Gasteiger partial charge is 0.416 e. The molecule has 1 unspecified atom stereocenters. The highest BCUT2D eigenvalue weighted by molar-refractivity contribution is 5.92. The number of benzene rings is 1. The van der Waals surface area contributed by atoms with Gasteiger partial charge in [0.05, 0.1) is 17.2 Å². The van der Waals surface area contributed by atoms with E-state index in [4.69, 9.17) is 5.73 Å². The highest BCUT2D eigenvalue weighted by atomic mass is 19.4. The summed E-state index contributed by atoms with van der Waals surface area (Å²) in [7, 11) is 0. The molecule has 0 aliphatic carbocycles. The summed E-state index contributed by atoms with van der Waals surface area (Å²) in [5, 5.41) is 3.74. The first-order valence-electron chi connectivity index (χ1n) is 8.93. The van der Waals surface area contributed by atoms with Crippen LogP contribution in [0.4, 0.5) is 26.3 Å². The van der Waals surface area contributed by atoms with Crippen LogP contribution in [0.25, 0.3) is 17.6 Å². The minimum absolute atomic E-state index is 0.00971. The predicted octanol–water partition coefficient (Wildman–Crippen LogP) is 2.58. The summed E-state index contributed by atoms with van der Waals surface area (Å²) in [4.78, 5) is 27.1. The van der Waals surface area contributed by atoms with Crippen molar-refractivity contribution in [3.05, 3.63) is 41.7 Å². The summed E-state index contributed by atoms with van der Waals surface area (Å²) in [6.45, 7) is 3.41. The topological polar surface area (TPSA) is 115 Å². The SMILES string of the molecule is CC(C)C(N)C(=O)NNC(=O)C=Cn1cnc(-c2cc(C(F)(F)F)cc(C(F)(F)F)c2)n1. The lowest BCUT2D eigenvalue weighted by Crippen LogP contribution is -2.50. The van der Waals surface area contributed by atoms with Crippen LogP contribution < -0.4 is 16.6 Å². The van der Waals surface area contributed by atoms with Crippen molar-refractivity contribution in [3.63, 3.8) is 0 Å². The Balaban J connectivity index is 2.17. The third-order valence-electron chi connectivity index (χ3n) is 4.06. The third-order valence-corrected chi connectivity index (χ3v) is 4.06. The molecule has 1 heterocycles. The summed E-state index contributed by atoms with van der Waals surface area (Å²) in [5.74, 6) is -2.04. The minimum Gasteiger partial charge on any atom is -0.320 e. The number of alkyl halides is 6. The first-order chi connectivity index (χ1) is 14.7. The number of nitrogens with two attached hydrogens (primary N) is 1. The Morgan fingerprint density at radius 3 is 2.09 bits per heavy atom. The van der Waals surface area contributed by atoms with Gasteiger partial charge in [0.1, 0.15) is 6.33 Å². The fraction of sp³-hybridized carbons (Fsp3) is 0.333. The van der Waals surface area contributed by atoms with Gasteiger partial charge >= 0.3 is 12.4 Å². The summed E-state index contributed by atoms with van der Waals surface area (Å²) < 4.78 is 78.8. The lowest BCUT2D eigenvalue weighted by Gasteiger charge is -2.14. The van der Waals surface area contributed by atoms with Gasteiger partial charge in [-0.25, -0.2) is 9.67 Å². The number of hydrazine groups is 1. The van der Waals surface area contributed by atoms with E-state index in [9.17, 15) is 35.9 Å². The molecule has 1 aromatic heterocycles. The van der Waals surface area contributed by atoms with Gasteiger partial charge in [-0.3, -0.25) is 20.4 Å². The van der Waals surface area contributed by atoms with Crippen LogP contribution in [0.1, 0.15) is 25.0 Å². The van der Waals surface area contributed by atoms with E-state index in [1.807, 2.05) is 0 Å². The van der Waals surface area contributed by atoms with E-state index >= 15 is 0 Å². The number of aromatic nitrogens is 3. The molecule has 0 spiro atoms. The van der Waals surface area contributed by atoms with E-state index in [1.54, 1.807) is 13.8 Å². The molecule has 14 heteroatoms. The molecule has 0 fully saturated rings. The summed E-state index contributed by atoms with van der Waals surface area (Å²) in [6.07, 6.45) is -7.14. The van der Waals surface area contributed by atoms with Gasteiger partial charge in [-0.1, -0.05) is 13.8 Å². The van der Waals surface area contributed by atoms with Crippen LogP contribution in [0.15, 0.2) is 30.6 Å². The van der Waals surface area contributed by atoms with Crippen molar-refractivity contribution in [1.82, 2.24) is 25.6 Å². The second kappa shape index (κ2) is 9.38. The molecule has 32 heavy (non-hydrogen) atoms. The van der Waals surface area contributed by atoms with Crippen LogP contribution in [-0.2, 0) is 21.9 Å². The molecule has 0 bridgehead atoms. The van der Waals surface area contributed by atoms with E-state index in [2.05, 4.69) is 20.9 Å². The fourth-order valence-corrected chi connectivity index (χ4v) is 2.26. The Labute approximate surface area is 177 Å². The van der Waals surface area contributed by atoms with Crippen molar-refractivity contribution in [2.75, 3.05) is 0 Å². The zero-order valence-electron chi connectivity index (χ0n) is 16.6. The average Bonchev–Trinajstić information content (AvgIpc) is 3.17. The van der Waals surface area contributed by atoms with Crippen molar-refractivity contribution in [2.45, 2.75) is 32.2 Å². The number of halogens is 6. The molecule has 8 nitrogen and oxygen atoms in total. The first-order valence-corrected chi connectivity index (χ1v) is 8.93. The van der Waals surface area contributed by atoms with Gasteiger partial charge < -0.3 is 5.73 Å². The van der Waals surface area contributed by atoms with Gasteiger partial charge in [0.25, 0.3) is 11.8 Å². The molecule has 1 aromatic carbocycles. The average molecular weight is 464 g/mol. The number of hydrogen-bond donors (Lipinski definition) is 3. The van der Waals surface area contributed by atoms with Gasteiger partial charge in [-0.15, -0.1) is 5.10 Å². The smallest absolute Gasteiger partial charge is 0.320 e. The van der Waals surface area contributed by atoms with Crippen molar-refractivity contribution in [3.8, 4) is 11.4 Å². The van der Waals surface area contributed by atoms with E-state index in [0.29, 0.717) is 12.1 Å². The maximum Gasteiger partial charge on any atom is 0.416 e. The van der Waals surface area contributed by atoms with Crippen LogP contribution >= 0.6 is 0 Å². The van der Waals surface area contributed by atoms with E-state index in [1.165, 1.54) is 0 Å². The highest BCUT2D eigenvalue weighted by Gasteiger charge is 2.37. The van der Waals surface area contributed by atoms with Crippen LogP contribution in [0.3, 0.4) is 0 Å². The Bertz CT molecular complexity index is 980. The Morgan fingerprint density at radius 1 is 1.03 bits per heavy atom. The van der Waals surface area contributed by atoms with Crippen LogP contribution in [0, 0.1) is 5.92 Å². The predicted molar refractivity (Wildman–Crippen MR) is 99.9 cm³/mol. The molecule has 2 rings (SSSR count). The Morgan fingerprint density at radius 2 is 1.59 bits per heavy atom. The number of nitrogens with zero attached hydrogens (tertiary/aromatic N) is 3. The zero-order chi connectivity index (χ0) is 24.3. The van der Waals surface area contributed by atoms with Crippen molar-refractivity contribution in [1.29, 1.82) is 0 Å². The number of rotatable bonds is 5. The van der Waals surface area contributed by atoms with Gasteiger partial charge in [-0.05, 0) is 24.1 Å². The van der Waals surface area contributed by atoms with Gasteiger partial charge in [-0.2, -0.15) is 26.3 Å². The van der Waals surface area contributed by atoms with E-state index in [0.717, 1.165) is 23.3 Å². The third kappa shape index (κ3) is 6.54. The molecule has 2 aromatic rings. The molecule has 0 aliphatic heterocycles. The van der Waals surface area contributed by atoms with Crippen LogP contribution in [-0.4, -0.2) is 32.6 Å². The zero-order valence-corrected chi connectivity index (χ0v) is 16.6. The normalized spacial score (nSPS) is 13.4. The number of amides is 2. The fourth-order valence-electron chi connectivity index (χ4n) is 2.26. The Hall–Kier alpha value is -3.42. The molecule has 174 valence electrons. The standard InChI is InChI=1S/C18H18F6N6O2/c1-9(2)14(25)16(32)28-27-13(31)3-4-30-8-26-15(29-30)10-5-11(17(19,20)21)7-12(6-10)18(22,23)24/h3-9,14H,25H2,1-2H3,(H,27,31)(H,28,32). The molecule has 2 amide bonds. The molecule has 0 saturated heterocycles. The van der Waals surface area contributed by atoms with Crippen molar-refractivity contribution < 1.29 is 35.9 Å². The van der Waals surface area contributed by atoms with Gasteiger partial charge in [0.15, 0.2) is 5.82 Å². The first kappa shape index (κ1) is 24.8. The lowest BCUT2D eigenvalue weighted by molar-refractivity contribution is -0.143. The summed E-state index contributed by atoms with van der Waals surface area (Å²) in [5.41, 5.74) is 6.22. The molecule has 4 N–H and O–H groups in total. The van der Waals surface area contributed by atoms with Crippen LogP contribution in [0.2, 0.25) is 0 Å². The molecular weight excluding hydrogens is 446 g/mol. The van der Waals surface area contributed by atoms with Gasteiger partial charge in [0.2, 0.25) is 0 Å². The number of nitrogens with one attached hydrogen (secondary N) is 2. The van der Waals surface area contributed by atoms with Crippen molar-refractivity contribution >= 4 is 18.0 Å².